The standard InChI is InChI=1S/C20H20O4/c1-23-19-13-5-3-6-14(19)10-18(22)12-16-8-4-7-15(20(16)24-2)11-17(21)9-13/h3-8H,9-12H2,1-2H3. The van der Waals surface area contributed by atoms with Gasteiger partial charge in [-0.25, -0.2) is 0 Å². The molecule has 4 nitrogen and oxygen atoms in total. The lowest BCUT2D eigenvalue weighted by Gasteiger charge is -2.17. The molecule has 0 fully saturated rings. The van der Waals surface area contributed by atoms with Crippen LogP contribution in [0.2, 0.25) is 0 Å². The molecule has 4 bridgehead atoms. The van der Waals surface area contributed by atoms with E-state index < -0.39 is 0 Å². The van der Waals surface area contributed by atoms with Crippen LogP contribution in [-0.4, -0.2) is 25.8 Å². The molecule has 0 saturated carbocycles. The van der Waals surface area contributed by atoms with Gasteiger partial charge in [-0.2, -0.15) is 0 Å². The van der Waals surface area contributed by atoms with Gasteiger partial charge in [-0.15, -0.1) is 0 Å². The monoisotopic (exact) mass is 324 g/mol. The van der Waals surface area contributed by atoms with E-state index in [0.717, 1.165) is 22.3 Å². The molecule has 4 heteroatoms. The average molecular weight is 324 g/mol. The molecule has 0 aromatic heterocycles. The largest absolute Gasteiger partial charge is 0.496 e. The first kappa shape index (κ1) is 16.2. The molecule has 0 N–H and O–H groups in total. The molecular formula is C20H20O4. The van der Waals surface area contributed by atoms with Crippen LogP contribution in [0, 0.1) is 0 Å². The Hall–Kier alpha value is -2.62. The number of Topliss-reactive ketones (excluding diaryl/α,β-unsaturated/α-hetero) is 2. The highest BCUT2D eigenvalue weighted by molar-refractivity contribution is 5.87. The van der Waals surface area contributed by atoms with Crippen LogP contribution in [0.25, 0.3) is 0 Å². The molecule has 0 saturated heterocycles. The topological polar surface area (TPSA) is 52.6 Å². The number of benzene rings is 2. The van der Waals surface area contributed by atoms with Gasteiger partial charge in [-0.1, -0.05) is 36.4 Å². The Labute approximate surface area is 141 Å². The number of hydrogen-bond acceptors (Lipinski definition) is 4. The van der Waals surface area contributed by atoms with E-state index in [1.54, 1.807) is 14.2 Å². The summed E-state index contributed by atoms with van der Waals surface area (Å²) >= 11 is 0. The fraction of sp³-hybridized carbons (Fsp3) is 0.300. The van der Waals surface area contributed by atoms with E-state index in [1.165, 1.54) is 0 Å². The first-order chi connectivity index (χ1) is 11.6. The lowest BCUT2D eigenvalue weighted by Crippen LogP contribution is -2.14. The Morgan fingerprint density at radius 2 is 0.917 bits per heavy atom. The van der Waals surface area contributed by atoms with Crippen molar-refractivity contribution >= 4 is 11.6 Å². The zero-order chi connectivity index (χ0) is 17.1. The summed E-state index contributed by atoms with van der Waals surface area (Å²) in [5.41, 5.74) is 3.29. The summed E-state index contributed by atoms with van der Waals surface area (Å²) in [5.74, 6) is 1.48. The smallest absolute Gasteiger partial charge is 0.141 e. The van der Waals surface area contributed by atoms with E-state index >= 15 is 0 Å². The third-order valence-corrected chi connectivity index (χ3v) is 4.31. The van der Waals surface area contributed by atoms with Crippen LogP contribution in [0.3, 0.4) is 0 Å². The van der Waals surface area contributed by atoms with Crippen LogP contribution < -0.4 is 9.47 Å². The van der Waals surface area contributed by atoms with Gasteiger partial charge in [0, 0.05) is 47.9 Å². The minimum absolute atomic E-state index is 0.0906. The van der Waals surface area contributed by atoms with E-state index in [9.17, 15) is 9.59 Å². The molecule has 2 aromatic rings. The summed E-state index contributed by atoms with van der Waals surface area (Å²) in [5, 5.41) is 0. The van der Waals surface area contributed by atoms with Crippen molar-refractivity contribution in [1.29, 1.82) is 0 Å². The average Bonchev–Trinajstić information content (AvgIpc) is 2.54. The minimum atomic E-state index is 0.0906. The Morgan fingerprint density at radius 3 is 1.17 bits per heavy atom. The minimum Gasteiger partial charge on any atom is -0.496 e. The number of methoxy groups -OCH3 is 2. The number of rotatable bonds is 2. The summed E-state index contributed by atoms with van der Waals surface area (Å²) < 4.78 is 11.0. The maximum Gasteiger partial charge on any atom is 0.141 e. The Kier molecular flexibility index (Phi) is 4.65. The summed E-state index contributed by atoms with van der Waals surface area (Å²) in [6, 6.07) is 11.3. The SMILES string of the molecule is COc1c2cccc1CC(=O)Cc1cccc(c1OC)CC(=O)C2. The molecule has 24 heavy (non-hydrogen) atoms. The van der Waals surface area contributed by atoms with Crippen LogP contribution in [-0.2, 0) is 35.3 Å². The van der Waals surface area contributed by atoms with Crippen molar-refractivity contribution in [2.45, 2.75) is 25.7 Å². The lowest BCUT2D eigenvalue weighted by molar-refractivity contribution is -0.118. The van der Waals surface area contributed by atoms with Gasteiger partial charge in [0.05, 0.1) is 14.2 Å². The van der Waals surface area contributed by atoms with Gasteiger partial charge in [-0.05, 0) is 0 Å². The van der Waals surface area contributed by atoms with Crippen molar-refractivity contribution < 1.29 is 19.1 Å². The van der Waals surface area contributed by atoms with Crippen LogP contribution >= 0.6 is 0 Å². The number of ether oxygens (including phenoxy) is 2. The van der Waals surface area contributed by atoms with Crippen molar-refractivity contribution in [3.63, 3.8) is 0 Å². The molecule has 3 rings (SSSR count). The molecule has 1 aliphatic carbocycles. The normalized spacial score (nSPS) is 14.6. The predicted octanol–water partition coefficient (Wildman–Crippen LogP) is 2.73. The molecule has 0 heterocycles. The maximum atomic E-state index is 12.5. The lowest BCUT2D eigenvalue weighted by atomic mass is 9.93. The molecule has 0 amide bonds. The molecule has 2 aromatic carbocycles. The van der Waals surface area contributed by atoms with Gasteiger partial charge in [0.25, 0.3) is 0 Å². The fourth-order valence-electron chi connectivity index (χ4n) is 3.33. The number of carbonyl (C=O) groups excluding carboxylic acids is 2. The zero-order valence-electron chi connectivity index (χ0n) is 13.9. The molecule has 124 valence electrons. The molecule has 1 aliphatic rings. The van der Waals surface area contributed by atoms with E-state index in [-0.39, 0.29) is 37.2 Å². The quantitative estimate of drug-likeness (QED) is 0.852. The summed E-state index contributed by atoms with van der Waals surface area (Å²) in [7, 11) is 3.16. The highest BCUT2D eigenvalue weighted by Crippen LogP contribution is 2.30. The van der Waals surface area contributed by atoms with Gasteiger partial charge in [0.1, 0.15) is 23.1 Å². The second kappa shape index (κ2) is 6.87. The van der Waals surface area contributed by atoms with Crippen molar-refractivity contribution in [3.8, 4) is 11.5 Å². The van der Waals surface area contributed by atoms with Gasteiger partial charge >= 0.3 is 0 Å². The number of hydrogen-bond donors (Lipinski definition) is 0. The van der Waals surface area contributed by atoms with Gasteiger partial charge < -0.3 is 9.47 Å². The Bertz CT molecular complexity index is 672. The maximum absolute atomic E-state index is 12.5. The van der Waals surface area contributed by atoms with Crippen molar-refractivity contribution in [2.24, 2.45) is 0 Å². The van der Waals surface area contributed by atoms with Crippen LogP contribution in [0.15, 0.2) is 36.4 Å². The van der Waals surface area contributed by atoms with Crippen molar-refractivity contribution in [3.05, 3.63) is 58.7 Å². The fourth-order valence-corrected chi connectivity index (χ4v) is 3.33. The number of fused-ring (bicyclic) bond motifs is 4. The van der Waals surface area contributed by atoms with E-state index in [2.05, 4.69) is 0 Å². The Morgan fingerprint density at radius 1 is 0.625 bits per heavy atom. The summed E-state index contributed by atoms with van der Waals surface area (Å²) in [6.45, 7) is 0. The van der Waals surface area contributed by atoms with Crippen LogP contribution in [0.5, 0.6) is 11.5 Å². The second-order valence-corrected chi connectivity index (χ2v) is 6.00. The molecular weight excluding hydrogens is 304 g/mol. The summed E-state index contributed by atoms with van der Waals surface area (Å²) in [6.07, 6.45) is 1.11. The number of carbonyl (C=O) groups is 2. The summed E-state index contributed by atoms with van der Waals surface area (Å²) in [4.78, 5) is 25.1. The highest BCUT2D eigenvalue weighted by Gasteiger charge is 2.20. The first-order valence-corrected chi connectivity index (χ1v) is 7.95. The molecule has 0 atom stereocenters. The van der Waals surface area contributed by atoms with Gasteiger partial charge in [0.15, 0.2) is 0 Å². The van der Waals surface area contributed by atoms with Crippen LogP contribution in [0.4, 0.5) is 0 Å². The molecule has 0 radical (unpaired) electrons. The van der Waals surface area contributed by atoms with Gasteiger partial charge in [-0.3, -0.25) is 9.59 Å². The van der Waals surface area contributed by atoms with Crippen molar-refractivity contribution in [2.75, 3.05) is 14.2 Å². The zero-order valence-corrected chi connectivity index (χ0v) is 13.9. The van der Waals surface area contributed by atoms with Crippen molar-refractivity contribution in [1.82, 2.24) is 0 Å². The number of para-hydroxylation sites is 2. The molecule has 0 aliphatic heterocycles. The Balaban J connectivity index is 2.09. The third-order valence-electron chi connectivity index (χ3n) is 4.31. The first-order valence-electron chi connectivity index (χ1n) is 7.95. The van der Waals surface area contributed by atoms with E-state index in [1.807, 2.05) is 36.4 Å². The van der Waals surface area contributed by atoms with Crippen LogP contribution in [0.1, 0.15) is 22.3 Å². The predicted molar refractivity (Wildman–Crippen MR) is 90.8 cm³/mol. The molecule has 0 unspecified atom stereocenters. The second-order valence-electron chi connectivity index (χ2n) is 6.00. The van der Waals surface area contributed by atoms with Gasteiger partial charge in [0.2, 0.25) is 0 Å². The van der Waals surface area contributed by atoms with E-state index in [4.69, 9.17) is 9.47 Å². The molecule has 0 spiro atoms. The number of ketones is 2. The third kappa shape index (κ3) is 3.18. The highest BCUT2D eigenvalue weighted by atomic mass is 16.5. The van der Waals surface area contributed by atoms with E-state index in [0.29, 0.717) is 11.5 Å².